The summed E-state index contributed by atoms with van der Waals surface area (Å²) in [5, 5.41) is 4.38. The van der Waals surface area contributed by atoms with Gasteiger partial charge >= 0.3 is 0 Å². The summed E-state index contributed by atoms with van der Waals surface area (Å²) in [5.41, 5.74) is 2.06. The van der Waals surface area contributed by atoms with Gasteiger partial charge in [0.05, 0.1) is 23.1 Å². The Labute approximate surface area is 128 Å². The first-order valence-corrected chi connectivity index (χ1v) is 6.90. The number of hydrogen-bond acceptors (Lipinski definition) is 3. The molecular weight excluding hydrogens is 337 g/mol. The van der Waals surface area contributed by atoms with Crippen LogP contribution in [0.2, 0.25) is 0 Å². The largest absolute Gasteiger partial charge is 0.298 e. The minimum Gasteiger partial charge on any atom is -0.298 e. The van der Waals surface area contributed by atoms with Gasteiger partial charge in [0.25, 0.3) is 0 Å². The van der Waals surface area contributed by atoms with Gasteiger partial charge < -0.3 is 0 Å². The molecule has 0 aliphatic carbocycles. The smallest absolute Gasteiger partial charge is 0.153 e. The van der Waals surface area contributed by atoms with Crippen LogP contribution in [0.1, 0.15) is 10.4 Å². The zero-order chi connectivity index (χ0) is 14.8. The lowest BCUT2D eigenvalue weighted by Gasteiger charge is -2.03. The molecule has 0 saturated heterocycles. The van der Waals surface area contributed by atoms with E-state index in [1.54, 1.807) is 10.9 Å². The van der Waals surface area contributed by atoms with Gasteiger partial charge in [-0.05, 0) is 40.2 Å². The predicted molar refractivity (Wildman–Crippen MR) is 79.8 cm³/mol. The average molecular weight is 346 g/mol. The standard InChI is InChI=1S/C15H9BrFN3O/c16-12-3-1-2-4-14(12)20-8-10(9-21)15(19-20)13-6-5-11(17)7-18-13/h1-9H. The molecule has 2 aromatic heterocycles. The van der Waals surface area contributed by atoms with Gasteiger partial charge in [0.2, 0.25) is 0 Å². The fraction of sp³-hybridized carbons (Fsp3) is 0. The Kier molecular flexibility index (Phi) is 3.62. The molecule has 2 heterocycles. The fourth-order valence-corrected chi connectivity index (χ4v) is 2.42. The van der Waals surface area contributed by atoms with E-state index in [0.29, 0.717) is 23.2 Å². The van der Waals surface area contributed by atoms with Crippen LogP contribution in [0.5, 0.6) is 0 Å². The molecule has 0 aliphatic rings. The second-order valence-electron chi connectivity index (χ2n) is 4.31. The van der Waals surface area contributed by atoms with Gasteiger partial charge in [0.15, 0.2) is 6.29 Å². The molecule has 21 heavy (non-hydrogen) atoms. The van der Waals surface area contributed by atoms with E-state index in [4.69, 9.17) is 0 Å². The fourth-order valence-electron chi connectivity index (χ4n) is 1.95. The van der Waals surface area contributed by atoms with E-state index >= 15 is 0 Å². The van der Waals surface area contributed by atoms with Gasteiger partial charge in [-0.2, -0.15) is 5.10 Å². The van der Waals surface area contributed by atoms with Gasteiger partial charge in [-0.1, -0.05) is 12.1 Å². The van der Waals surface area contributed by atoms with Crippen molar-refractivity contribution in [2.75, 3.05) is 0 Å². The molecule has 0 bridgehead atoms. The number of rotatable bonds is 3. The van der Waals surface area contributed by atoms with Crippen LogP contribution in [0.4, 0.5) is 4.39 Å². The van der Waals surface area contributed by atoms with E-state index in [9.17, 15) is 9.18 Å². The van der Waals surface area contributed by atoms with Gasteiger partial charge in [-0.15, -0.1) is 0 Å². The van der Waals surface area contributed by atoms with Crippen molar-refractivity contribution in [3.63, 3.8) is 0 Å². The van der Waals surface area contributed by atoms with Crippen LogP contribution in [-0.2, 0) is 0 Å². The van der Waals surface area contributed by atoms with Gasteiger partial charge in [-0.25, -0.2) is 9.07 Å². The van der Waals surface area contributed by atoms with Crippen molar-refractivity contribution < 1.29 is 9.18 Å². The summed E-state index contributed by atoms with van der Waals surface area (Å²) < 4.78 is 15.4. The van der Waals surface area contributed by atoms with Gasteiger partial charge in [0.1, 0.15) is 11.5 Å². The lowest BCUT2D eigenvalue weighted by atomic mass is 10.2. The molecule has 0 unspecified atom stereocenters. The Hall–Kier alpha value is -2.34. The molecule has 1 aromatic carbocycles. The van der Waals surface area contributed by atoms with Crippen LogP contribution in [-0.4, -0.2) is 21.1 Å². The second kappa shape index (κ2) is 5.57. The summed E-state index contributed by atoms with van der Waals surface area (Å²) in [4.78, 5) is 15.2. The maximum atomic E-state index is 12.9. The molecule has 104 valence electrons. The molecule has 0 radical (unpaired) electrons. The Bertz CT molecular complexity index is 799. The van der Waals surface area contributed by atoms with E-state index in [-0.39, 0.29) is 0 Å². The van der Waals surface area contributed by atoms with Gasteiger partial charge in [0, 0.05) is 10.7 Å². The Balaban J connectivity index is 2.13. The molecule has 0 N–H and O–H groups in total. The molecular formula is C15H9BrFN3O. The van der Waals surface area contributed by atoms with Crippen molar-refractivity contribution in [2.24, 2.45) is 0 Å². The molecule has 0 saturated carbocycles. The van der Waals surface area contributed by atoms with Crippen molar-refractivity contribution in [1.29, 1.82) is 0 Å². The minimum absolute atomic E-state index is 0.393. The maximum absolute atomic E-state index is 12.9. The molecule has 3 aromatic rings. The first-order valence-electron chi connectivity index (χ1n) is 6.10. The SMILES string of the molecule is O=Cc1cn(-c2ccccc2Br)nc1-c1ccc(F)cn1. The van der Waals surface area contributed by atoms with Crippen LogP contribution in [0.15, 0.2) is 53.3 Å². The highest BCUT2D eigenvalue weighted by Crippen LogP contribution is 2.24. The highest BCUT2D eigenvalue weighted by atomic mass is 79.9. The molecule has 3 rings (SSSR count). The third kappa shape index (κ3) is 2.62. The first-order chi connectivity index (χ1) is 10.2. The summed E-state index contributed by atoms with van der Waals surface area (Å²) >= 11 is 3.44. The van der Waals surface area contributed by atoms with Crippen LogP contribution >= 0.6 is 15.9 Å². The summed E-state index contributed by atoms with van der Waals surface area (Å²) in [7, 11) is 0. The van der Waals surface area contributed by atoms with Crippen LogP contribution in [0.3, 0.4) is 0 Å². The van der Waals surface area contributed by atoms with Crippen LogP contribution in [0.25, 0.3) is 17.1 Å². The number of halogens is 2. The highest BCUT2D eigenvalue weighted by molar-refractivity contribution is 9.10. The van der Waals surface area contributed by atoms with E-state index in [1.165, 1.54) is 12.1 Å². The number of carbonyl (C=O) groups is 1. The molecule has 6 heteroatoms. The van der Waals surface area contributed by atoms with Gasteiger partial charge in [-0.3, -0.25) is 9.78 Å². The molecule has 0 spiro atoms. The Morgan fingerprint density at radius 1 is 1.19 bits per heavy atom. The minimum atomic E-state index is -0.434. The molecule has 0 atom stereocenters. The second-order valence-corrected chi connectivity index (χ2v) is 5.16. The lowest BCUT2D eigenvalue weighted by molar-refractivity contribution is 0.112. The highest BCUT2D eigenvalue weighted by Gasteiger charge is 2.14. The quantitative estimate of drug-likeness (QED) is 0.680. The first kappa shape index (κ1) is 13.6. The average Bonchev–Trinajstić information content (AvgIpc) is 2.92. The molecule has 0 fully saturated rings. The maximum Gasteiger partial charge on any atom is 0.153 e. The third-order valence-electron chi connectivity index (χ3n) is 2.94. The van der Waals surface area contributed by atoms with E-state index < -0.39 is 5.82 Å². The van der Waals surface area contributed by atoms with Crippen LogP contribution < -0.4 is 0 Å². The number of hydrogen-bond donors (Lipinski definition) is 0. The van der Waals surface area contributed by atoms with Crippen molar-refractivity contribution in [3.8, 4) is 17.1 Å². The van der Waals surface area contributed by atoms with Crippen molar-refractivity contribution in [2.45, 2.75) is 0 Å². The predicted octanol–water partition coefficient (Wildman–Crippen LogP) is 3.65. The number of para-hydroxylation sites is 1. The number of pyridine rings is 1. The normalized spacial score (nSPS) is 10.6. The zero-order valence-electron chi connectivity index (χ0n) is 10.7. The van der Waals surface area contributed by atoms with Crippen molar-refractivity contribution in [1.82, 2.24) is 14.8 Å². The zero-order valence-corrected chi connectivity index (χ0v) is 12.3. The summed E-state index contributed by atoms with van der Waals surface area (Å²) in [6, 6.07) is 10.3. The number of aldehydes is 1. The molecule has 0 aliphatic heterocycles. The monoisotopic (exact) mass is 345 g/mol. The summed E-state index contributed by atoms with van der Waals surface area (Å²) in [6.07, 6.45) is 3.43. The Morgan fingerprint density at radius 2 is 2.00 bits per heavy atom. The number of nitrogens with zero attached hydrogens (tertiary/aromatic N) is 3. The number of benzene rings is 1. The number of carbonyl (C=O) groups excluding carboxylic acids is 1. The Morgan fingerprint density at radius 3 is 2.67 bits per heavy atom. The lowest BCUT2D eigenvalue weighted by Crippen LogP contribution is -1.96. The van der Waals surface area contributed by atoms with Crippen LogP contribution in [0, 0.1) is 5.82 Å². The summed E-state index contributed by atoms with van der Waals surface area (Å²) in [5.74, 6) is -0.434. The van der Waals surface area contributed by atoms with E-state index in [0.717, 1.165) is 16.4 Å². The molecule has 0 amide bonds. The molecule has 4 nitrogen and oxygen atoms in total. The summed E-state index contributed by atoms with van der Waals surface area (Å²) in [6.45, 7) is 0. The van der Waals surface area contributed by atoms with Crippen molar-refractivity contribution in [3.05, 3.63) is 64.6 Å². The van der Waals surface area contributed by atoms with E-state index in [1.807, 2.05) is 24.3 Å². The topological polar surface area (TPSA) is 47.8 Å². The third-order valence-corrected chi connectivity index (χ3v) is 3.61. The number of aromatic nitrogens is 3. The van der Waals surface area contributed by atoms with E-state index in [2.05, 4.69) is 26.0 Å². The van der Waals surface area contributed by atoms with Crippen molar-refractivity contribution >= 4 is 22.2 Å².